The molecule has 0 aliphatic carbocycles. The molecular formula is C15H23N5OS. The van der Waals surface area contributed by atoms with Crippen LogP contribution in [0.4, 0.5) is 10.6 Å². The van der Waals surface area contributed by atoms with E-state index in [0.29, 0.717) is 12.4 Å². The minimum absolute atomic E-state index is 0.201. The molecule has 0 fully saturated rings. The first-order valence-corrected chi connectivity index (χ1v) is 8.37. The van der Waals surface area contributed by atoms with E-state index >= 15 is 0 Å². The van der Waals surface area contributed by atoms with Crippen LogP contribution in [0.2, 0.25) is 0 Å². The summed E-state index contributed by atoms with van der Waals surface area (Å²) in [5.74, 6) is 0.908. The summed E-state index contributed by atoms with van der Waals surface area (Å²) in [6, 6.07) is 1.70. The Balaban J connectivity index is 1.85. The van der Waals surface area contributed by atoms with Gasteiger partial charge in [-0.05, 0) is 13.3 Å². The smallest absolute Gasteiger partial charge is 0.320 e. The third-order valence-electron chi connectivity index (χ3n) is 3.31. The lowest BCUT2D eigenvalue weighted by atomic mass is 10.2. The maximum atomic E-state index is 12.0. The molecule has 0 unspecified atom stereocenters. The molecule has 120 valence electrons. The third kappa shape index (κ3) is 4.30. The predicted molar refractivity (Wildman–Crippen MR) is 89.5 cm³/mol. The SMILES string of the molecule is CCCc1cc(NC(=O)NC[C@@H](C)c2nc(C)cs2)n(C)n1. The number of aryl methyl sites for hydroxylation is 3. The summed E-state index contributed by atoms with van der Waals surface area (Å²) in [6.07, 6.45) is 1.95. The Morgan fingerprint density at radius 3 is 2.91 bits per heavy atom. The van der Waals surface area contributed by atoms with E-state index in [1.165, 1.54) is 0 Å². The van der Waals surface area contributed by atoms with Crippen LogP contribution in [-0.2, 0) is 13.5 Å². The van der Waals surface area contributed by atoms with Crippen molar-refractivity contribution in [2.75, 3.05) is 11.9 Å². The van der Waals surface area contributed by atoms with Crippen LogP contribution < -0.4 is 10.6 Å². The number of carbonyl (C=O) groups is 1. The van der Waals surface area contributed by atoms with Crippen LogP contribution >= 0.6 is 11.3 Å². The van der Waals surface area contributed by atoms with Crippen molar-refractivity contribution < 1.29 is 4.79 Å². The Hall–Kier alpha value is -1.89. The summed E-state index contributed by atoms with van der Waals surface area (Å²) < 4.78 is 1.69. The molecule has 1 atom stereocenters. The molecular weight excluding hydrogens is 298 g/mol. The number of aromatic nitrogens is 3. The number of rotatable bonds is 6. The van der Waals surface area contributed by atoms with Crippen molar-refractivity contribution in [3.05, 3.63) is 27.8 Å². The number of nitrogens with zero attached hydrogens (tertiary/aromatic N) is 3. The minimum atomic E-state index is -0.217. The van der Waals surface area contributed by atoms with Crippen LogP contribution in [0.5, 0.6) is 0 Å². The van der Waals surface area contributed by atoms with Crippen LogP contribution in [0.3, 0.4) is 0 Å². The lowest BCUT2D eigenvalue weighted by Crippen LogP contribution is -2.32. The molecule has 2 heterocycles. The van der Waals surface area contributed by atoms with Gasteiger partial charge in [-0.15, -0.1) is 11.3 Å². The molecule has 0 saturated heterocycles. The monoisotopic (exact) mass is 321 g/mol. The minimum Gasteiger partial charge on any atom is -0.337 e. The van der Waals surface area contributed by atoms with Gasteiger partial charge in [-0.2, -0.15) is 5.10 Å². The summed E-state index contributed by atoms with van der Waals surface area (Å²) in [6.45, 7) is 6.69. The van der Waals surface area contributed by atoms with Crippen molar-refractivity contribution >= 4 is 23.2 Å². The topological polar surface area (TPSA) is 71.8 Å². The van der Waals surface area contributed by atoms with Gasteiger partial charge in [0.05, 0.1) is 10.7 Å². The highest BCUT2D eigenvalue weighted by atomic mass is 32.1. The predicted octanol–water partition coefficient (Wildman–Crippen LogP) is 3.06. The van der Waals surface area contributed by atoms with Crippen LogP contribution in [-0.4, -0.2) is 27.3 Å². The molecule has 22 heavy (non-hydrogen) atoms. The second-order valence-corrected chi connectivity index (χ2v) is 6.35. The zero-order valence-corrected chi connectivity index (χ0v) is 14.3. The highest BCUT2D eigenvalue weighted by Crippen LogP contribution is 2.19. The fourth-order valence-corrected chi connectivity index (χ4v) is 2.97. The van der Waals surface area contributed by atoms with E-state index in [1.54, 1.807) is 16.0 Å². The lowest BCUT2D eigenvalue weighted by molar-refractivity contribution is 0.251. The van der Waals surface area contributed by atoms with Gasteiger partial charge in [0.2, 0.25) is 0 Å². The number of nitrogens with one attached hydrogen (secondary N) is 2. The van der Waals surface area contributed by atoms with E-state index in [2.05, 4.69) is 34.6 Å². The molecule has 0 aromatic carbocycles. The van der Waals surface area contributed by atoms with E-state index < -0.39 is 0 Å². The molecule has 7 heteroatoms. The molecule has 2 amide bonds. The van der Waals surface area contributed by atoms with E-state index in [-0.39, 0.29) is 11.9 Å². The van der Waals surface area contributed by atoms with E-state index in [1.807, 2.05) is 25.4 Å². The largest absolute Gasteiger partial charge is 0.337 e. The molecule has 6 nitrogen and oxygen atoms in total. The van der Waals surface area contributed by atoms with Gasteiger partial charge in [0, 0.05) is 36.7 Å². The third-order valence-corrected chi connectivity index (χ3v) is 4.50. The number of hydrogen-bond donors (Lipinski definition) is 2. The standard InChI is InChI=1S/C15H23N5OS/c1-5-6-12-7-13(20(4)19-12)18-15(21)16-8-10(2)14-17-11(3)9-22-14/h7,9-10H,5-6,8H2,1-4H3,(H2,16,18,21)/t10-/m1/s1. The number of amides is 2. The molecule has 0 aliphatic rings. The van der Waals surface area contributed by atoms with Crippen LogP contribution in [0.1, 0.15) is 42.6 Å². The van der Waals surface area contributed by atoms with Crippen molar-refractivity contribution in [2.45, 2.75) is 39.5 Å². The van der Waals surface area contributed by atoms with Crippen molar-refractivity contribution in [1.29, 1.82) is 0 Å². The fraction of sp³-hybridized carbons (Fsp3) is 0.533. The van der Waals surface area contributed by atoms with Gasteiger partial charge in [0.1, 0.15) is 5.82 Å². The van der Waals surface area contributed by atoms with E-state index in [0.717, 1.165) is 29.2 Å². The molecule has 0 spiro atoms. The van der Waals surface area contributed by atoms with E-state index in [4.69, 9.17) is 0 Å². The number of thiazole rings is 1. The Morgan fingerprint density at radius 2 is 2.27 bits per heavy atom. The number of carbonyl (C=O) groups excluding carboxylic acids is 1. The van der Waals surface area contributed by atoms with Crippen molar-refractivity contribution in [3.63, 3.8) is 0 Å². The Morgan fingerprint density at radius 1 is 1.50 bits per heavy atom. The fourth-order valence-electron chi connectivity index (χ4n) is 2.11. The number of urea groups is 1. The summed E-state index contributed by atoms with van der Waals surface area (Å²) in [4.78, 5) is 16.4. The Bertz CT molecular complexity index is 634. The summed E-state index contributed by atoms with van der Waals surface area (Å²) in [7, 11) is 1.83. The Kier molecular flexibility index (Phi) is 5.54. The van der Waals surface area contributed by atoms with Crippen LogP contribution in [0.15, 0.2) is 11.4 Å². The molecule has 0 bridgehead atoms. The number of hydrogen-bond acceptors (Lipinski definition) is 4. The van der Waals surface area contributed by atoms with Crippen LogP contribution in [0, 0.1) is 6.92 Å². The van der Waals surface area contributed by atoms with Gasteiger partial charge >= 0.3 is 6.03 Å². The first-order valence-electron chi connectivity index (χ1n) is 7.49. The summed E-state index contributed by atoms with van der Waals surface area (Å²) in [5, 5.41) is 13.2. The normalized spacial score (nSPS) is 12.2. The number of anilines is 1. The van der Waals surface area contributed by atoms with Crippen molar-refractivity contribution in [2.24, 2.45) is 7.05 Å². The van der Waals surface area contributed by atoms with Gasteiger partial charge in [-0.1, -0.05) is 20.3 Å². The van der Waals surface area contributed by atoms with Gasteiger partial charge < -0.3 is 5.32 Å². The molecule has 0 radical (unpaired) electrons. The van der Waals surface area contributed by atoms with Crippen LogP contribution in [0.25, 0.3) is 0 Å². The molecule has 0 saturated carbocycles. The van der Waals surface area contributed by atoms with E-state index in [9.17, 15) is 4.79 Å². The highest BCUT2D eigenvalue weighted by Gasteiger charge is 2.12. The molecule has 2 aromatic rings. The zero-order chi connectivity index (χ0) is 16.1. The van der Waals surface area contributed by atoms with Gasteiger partial charge in [-0.25, -0.2) is 9.78 Å². The van der Waals surface area contributed by atoms with Gasteiger partial charge in [0.15, 0.2) is 0 Å². The zero-order valence-electron chi connectivity index (χ0n) is 13.5. The highest BCUT2D eigenvalue weighted by molar-refractivity contribution is 7.09. The second-order valence-electron chi connectivity index (χ2n) is 5.46. The molecule has 0 aliphatic heterocycles. The van der Waals surface area contributed by atoms with Gasteiger partial charge in [0.25, 0.3) is 0 Å². The average Bonchev–Trinajstić information content (AvgIpc) is 3.04. The molecule has 2 N–H and O–H groups in total. The molecule has 2 rings (SSSR count). The second kappa shape index (κ2) is 7.40. The average molecular weight is 321 g/mol. The summed E-state index contributed by atoms with van der Waals surface area (Å²) >= 11 is 1.63. The Labute approximate surface area is 135 Å². The lowest BCUT2D eigenvalue weighted by Gasteiger charge is -2.11. The summed E-state index contributed by atoms with van der Waals surface area (Å²) in [5.41, 5.74) is 2.02. The van der Waals surface area contributed by atoms with Crippen molar-refractivity contribution in [1.82, 2.24) is 20.1 Å². The first-order chi connectivity index (χ1) is 10.5. The molecule has 2 aromatic heterocycles. The maximum absolute atomic E-state index is 12.0. The maximum Gasteiger partial charge on any atom is 0.320 e. The first kappa shape index (κ1) is 16.5. The van der Waals surface area contributed by atoms with Gasteiger partial charge in [-0.3, -0.25) is 10.00 Å². The van der Waals surface area contributed by atoms with Crippen molar-refractivity contribution in [3.8, 4) is 0 Å². The quantitative estimate of drug-likeness (QED) is 0.859.